The number of carbonyl (C=O) groups excluding carboxylic acids is 1. The summed E-state index contributed by atoms with van der Waals surface area (Å²) in [5, 5.41) is 3.04. The van der Waals surface area contributed by atoms with E-state index in [2.05, 4.69) is 5.32 Å². The molecule has 2 fully saturated rings. The van der Waals surface area contributed by atoms with Crippen LogP contribution in [0.5, 0.6) is 0 Å². The van der Waals surface area contributed by atoms with E-state index in [-0.39, 0.29) is 35.4 Å². The molecule has 2 aromatic carbocycles. The van der Waals surface area contributed by atoms with E-state index in [1.165, 1.54) is 11.8 Å². The fraction of sp³-hybridized carbons (Fsp3) is 0.419. The van der Waals surface area contributed by atoms with E-state index in [1.807, 2.05) is 34.9 Å². The first-order chi connectivity index (χ1) is 20.4. The average molecular weight is 600 g/mol. The molecule has 42 heavy (non-hydrogen) atoms. The number of nitrogens with two attached hydrogens (primary N) is 1. The number of carbonyl (C=O) groups is 1. The summed E-state index contributed by atoms with van der Waals surface area (Å²) < 4.78 is 51.7. The van der Waals surface area contributed by atoms with Crippen molar-refractivity contribution in [1.29, 1.82) is 0 Å². The molecule has 0 saturated carbocycles. The molecule has 11 heteroatoms. The van der Waals surface area contributed by atoms with Crippen molar-refractivity contribution in [2.75, 3.05) is 44.4 Å². The van der Waals surface area contributed by atoms with Gasteiger partial charge in [0.15, 0.2) is 0 Å². The number of imidazole rings is 1. The van der Waals surface area contributed by atoms with E-state index in [0.29, 0.717) is 62.8 Å². The van der Waals surface area contributed by atoms with Crippen LogP contribution in [0.2, 0.25) is 0 Å². The number of halogens is 3. The molecule has 3 aromatic rings. The molecule has 224 valence electrons. The first-order valence-corrected chi connectivity index (χ1v) is 15.4. The highest BCUT2D eigenvalue weighted by atomic mass is 32.2. The van der Waals surface area contributed by atoms with Crippen LogP contribution < -0.4 is 11.1 Å². The topological polar surface area (TPSA) is 85.4 Å². The van der Waals surface area contributed by atoms with Crippen LogP contribution in [-0.2, 0) is 16.1 Å². The Labute approximate surface area is 248 Å². The Kier molecular flexibility index (Phi) is 10.4. The van der Waals surface area contributed by atoms with E-state index in [1.54, 1.807) is 17.3 Å². The number of nitrogens with zero attached hydrogens (tertiary/aromatic N) is 3. The van der Waals surface area contributed by atoms with Crippen LogP contribution in [0, 0.1) is 17.6 Å². The van der Waals surface area contributed by atoms with Crippen molar-refractivity contribution in [3.05, 3.63) is 89.5 Å². The molecular weight excluding hydrogens is 563 g/mol. The summed E-state index contributed by atoms with van der Waals surface area (Å²) in [6.07, 6.45) is 3.45. The number of hydrogen-bond acceptors (Lipinski definition) is 6. The Morgan fingerprint density at radius 2 is 2.00 bits per heavy atom. The molecule has 2 atom stereocenters. The van der Waals surface area contributed by atoms with Crippen molar-refractivity contribution in [3.63, 3.8) is 0 Å². The lowest BCUT2D eigenvalue weighted by Crippen LogP contribution is -2.40. The summed E-state index contributed by atoms with van der Waals surface area (Å²) in [6.45, 7) is 2.37. The molecule has 2 aliphatic heterocycles. The van der Waals surface area contributed by atoms with Gasteiger partial charge < -0.3 is 25.3 Å². The van der Waals surface area contributed by atoms with Crippen LogP contribution >= 0.6 is 11.8 Å². The van der Waals surface area contributed by atoms with Gasteiger partial charge in [-0.25, -0.2) is 18.2 Å². The minimum absolute atomic E-state index is 0.0346. The number of amides is 1. The highest BCUT2D eigenvalue weighted by molar-refractivity contribution is 7.99. The summed E-state index contributed by atoms with van der Waals surface area (Å²) in [5.41, 5.74) is 7.45. The second-order valence-electron chi connectivity index (χ2n) is 10.6. The zero-order valence-corrected chi connectivity index (χ0v) is 24.2. The maximum atomic E-state index is 15.0. The summed E-state index contributed by atoms with van der Waals surface area (Å²) in [7, 11) is 0. The Balaban J connectivity index is 1.66. The van der Waals surface area contributed by atoms with Crippen LogP contribution in [0.15, 0.2) is 66.5 Å². The molecule has 3 heterocycles. The monoisotopic (exact) mass is 599 g/mol. The van der Waals surface area contributed by atoms with Crippen LogP contribution in [0.3, 0.4) is 0 Å². The zero-order chi connectivity index (χ0) is 29.5. The van der Waals surface area contributed by atoms with Gasteiger partial charge in [0.25, 0.3) is 0 Å². The number of aromatic nitrogens is 2. The molecule has 0 bridgehead atoms. The van der Waals surface area contributed by atoms with Gasteiger partial charge in [0.05, 0.1) is 17.5 Å². The second-order valence-corrected chi connectivity index (χ2v) is 11.7. The third-order valence-electron chi connectivity index (χ3n) is 7.62. The number of nitrogens with one attached hydrogen (secondary N) is 1. The molecule has 5 rings (SSSR count). The average Bonchev–Trinajstić information content (AvgIpc) is 3.60. The van der Waals surface area contributed by atoms with E-state index in [9.17, 15) is 18.0 Å². The maximum absolute atomic E-state index is 15.0. The van der Waals surface area contributed by atoms with Gasteiger partial charge in [-0.2, -0.15) is 11.8 Å². The summed E-state index contributed by atoms with van der Waals surface area (Å²) in [6, 6.07) is 12.4. The molecule has 0 radical (unpaired) electrons. The number of alkyl halides is 1. The van der Waals surface area contributed by atoms with Gasteiger partial charge in [0, 0.05) is 63.1 Å². The van der Waals surface area contributed by atoms with Gasteiger partial charge >= 0.3 is 0 Å². The molecule has 2 saturated heterocycles. The Hall–Kier alpha value is -3.12. The normalized spacial score (nSPS) is 19.3. The molecule has 0 spiro atoms. The number of ether oxygens (including phenoxy) is 1. The Morgan fingerprint density at radius 1 is 1.21 bits per heavy atom. The van der Waals surface area contributed by atoms with E-state index >= 15 is 0 Å². The van der Waals surface area contributed by atoms with Crippen molar-refractivity contribution in [3.8, 4) is 11.3 Å². The number of benzene rings is 2. The molecule has 2 unspecified atom stereocenters. The molecule has 1 aromatic heterocycles. The van der Waals surface area contributed by atoms with Gasteiger partial charge in [-0.05, 0) is 48.1 Å². The minimum Gasteiger partial charge on any atom is -0.381 e. The van der Waals surface area contributed by atoms with Crippen LogP contribution in [0.1, 0.15) is 30.3 Å². The quantitative estimate of drug-likeness (QED) is 0.311. The van der Waals surface area contributed by atoms with Crippen molar-refractivity contribution in [2.45, 2.75) is 31.6 Å². The smallest absolute Gasteiger partial charge is 0.237 e. The molecule has 3 N–H and O–H groups in total. The lowest BCUT2D eigenvalue weighted by Gasteiger charge is -2.37. The summed E-state index contributed by atoms with van der Waals surface area (Å²) >= 11 is 1.42. The zero-order valence-electron chi connectivity index (χ0n) is 23.4. The molecular formula is C31H36F3N5O2S. The third kappa shape index (κ3) is 7.26. The van der Waals surface area contributed by atoms with E-state index < -0.39 is 23.8 Å². The van der Waals surface area contributed by atoms with E-state index in [4.69, 9.17) is 15.5 Å². The highest BCUT2D eigenvalue weighted by Crippen LogP contribution is 2.38. The van der Waals surface area contributed by atoms with Crippen molar-refractivity contribution in [2.24, 2.45) is 11.7 Å². The fourth-order valence-corrected chi connectivity index (χ4v) is 6.14. The second kappa shape index (κ2) is 14.4. The number of thioether (sulfide) groups is 1. The lowest BCUT2D eigenvalue weighted by molar-refractivity contribution is -0.129. The van der Waals surface area contributed by atoms with E-state index in [0.717, 1.165) is 23.8 Å². The van der Waals surface area contributed by atoms with Gasteiger partial charge in [0.1, 0.15) is 23.6 Å². The predicted molar refractivity (Wildman–Crippen MR) is 158 cm³/mol. The van der Waals surface area contributed by atoms with Gasteiger partial charge in [-0.1, -0.05) is 30.3 Å². The largest absolute Gasteiger partial charge is 0.381 e. The summed E-state index contributed by atoms with van der Waals surface area (Å²) in [4.78, 5) is 20.4. The van der Waals surface area contributed by atoms with Gasteiger partial charge in [-0.3, -0.25) is 4.79 Å². The number of rotatable bonds is 11. The van der Waals surface area contributed by atoms with Crippen molar-refractivity contribution in [1.82, 2.24) is 19.8 Å². The predicted octanol–water partition coefficient (Wildman–Crippen LogP) is 4.69. The summed E-state index contributed by atoms with van der Waals surface area (Å²) in [5.74, 6) is -0.127. The molecule has 1 amide bonds. The van der Waals surface area contributed by atoms with Gasteiger partial charge in [0.2, 0.25) is 5.91 Å². The molecule has 0 aliphatic carbocycles. The SMILES string of the molecule is NCCSCC(=O)N(C=C1CNCC1F)C(c1nc(-c2cc(F)ccc2F)cn1Cc1ccccc1)C1CCOCC1. The van der Waals surface area contributed by atoms with Crippen LogP contribution in [-0.4, -0.2) is 70.9 Å². The maximum Gasteiger partial charge on any atom is 0.237 e. The number of hydrogen-bond donors (Lipinski definition) is 2. The molecule has 7 nitrogen and oxygen atoms in total. The fourth-order valence-electron chi connectivity index (χ4n) is 5.51. The van der Waals surface area contributed by atoms with Crippen molar-refractivity contribution < 1.29 is 22.7 Å². The third-order valence-corrected chi connectivity index (χ3v) is 8.60. The van der Waals surface area contributed by atoms with Gasteiger partial charge in [-0.15, -0.1) is 0 Å². The standard InChI is InChI=1S/C31H36F3N5O2S/c32-24-6-7-26(33)25(14-24)28-19-38(17-21-4-2-1-3-5-21)31(37-28)30(22-8-11-41-12-9-22)39(29(40)20-42-13-10-35)18-23-15-36-16-27(23)34/h1-7,14,18-19,22,27,30,36H,8-13,15-17,20,35H2. The highest BCUT2D eigenvalue weighted by Gasteiger charge is 2.37. The first-order valence-electron chi connectivity index (χ1n) is 14.2. The van der Waals surface area contributed by atoms with Crippen molar-refractivity contribution >= 4 is 17.7 Å². The molecule has 2 aliphatic rings. The lowest BCUT2D eigenvalue weighted by atomic mass is 9.89. The van der Waals surface area contributed by atoms with Crippen LogP contribution in [0.25, 0.3) is 11.3 Å². The van der Waals surface area contributed by atoms with Crippen LogP contribution in [0.4, 0.5) is 13.2 Å². The first kappa shape index (κ1) is 30.3. The Morgan fingerprint density at radius 3 is 2.71 bits per heavy atom. The minimum atomic E-state index is -1.21. The Bertz CT molecular complexity index is 1380.